The van der Waals surface area contributed by atoms with E-state index >= 15 is 0 Å². The van der Waals surface area contributed by atoms with Crippen molar-refractivity contribution in [2.75, 3.05) is 0 Å². The van der Waals surface area contributed by atoms with Crippen LogP contribution >= 0.6 is 11.6 Å². The van der Waals surface area contributed by atoms with Crippen molar-refractivity contribution < 1.29 is 4.92 Å². The predicted octanol–water partition coefficient (Wildman–Crippen LogP) is 3.03. The lowest BCUT2D eigenvalue weighted by atomic mass is 10.1. The van der Waals surface area contributed by atoms with E-state index in [4.69, 9.17) is 11.6 Å². The second-order valence-corrected chi connectivity index (χ2v) is 4.90. The molecule has 0 aliphatic heterocycles. The molecule has 0 saturated carbocycles. The summed E-state index contributed by atoms with van der Waals surface area (Å²) in [6.45, 7) is 3.94. The quantitative estimate of drug-likeness (QED) is 0.637. The van der Waals surface area contributed by atoms with Gasteiger partial charge in [0, 0.05) is 12.6 Å². The Hall–Kier alpha value is -1.95. The van der Waals surface area contributed by atoms with Crippen molar-refractivity contribution in [2.24, 2.45) is 5.92 Å². The van der Waals surface area contributed by atoms with Crippen molar-refractivity contribution in [3.63, 3.8) is 0 Å². The van der Waals surface area contributed by atoms with Gasteiger partial charge in [0.2, 0.25) is 5.15 Å². The maximum absolute atomic E-state index is 11.1. The van der Waals surface area contributed by atoms with Gasteiger partial charge in [0.1, 0.15) is 5.69 Å². The van der Waals surface area contributed by atoms with Crippen molar-refractivity contribution in [1.29, 1.82) is 0 Å². The minimum atomic E-state index is -0.494. The molecule has 2 aromatic rings. The Morgan fingerprint density at radius 3 is 2.74 bits per heavy atom. The Morgan fingerprint density at radius 1 is 1.47 bits per heavy atom. The molecule has 0 aromatic carbocycles. The van der Waals surface area contributed by atoms with Gasteiger partial charge < -0.3 is 0 Å². The molecule has 100 valence electrons. The Bertz CT molecular complexity index is 595. The van der Waals surface area contributed by atoms with Gasteiger partial charge in [-0.25, -0.2) is 4.98 Å². The minimum Gasteiger partial charge on any atom is -0.258 e. The Morgan fingerprint density at radius 2 is 2.21 bits per heavy atom. The normalized spacial score (nSPS) is 10.9. The Kier molecular flexibility index (Phi) is 3.80. The lowest BCUT2D eigenvalue weighted by molar-refractivity contribution is -0.385. The molecule has 0 N–H and O–H groups in total. The standard InChI is InChI=1S/C12H13ClN4O2/c1-8(2)7-9-11(17(18)19)12(13)16(15-9)10-5-3-4-6-14-10/h3-6,8H,7H2,1-2H3. The molecule has 6 nitrogen and oxygen atoms in total. The van der Waals surface area contributed by atoms with Crippen LogP contribution in [0.4, 0.5) is 5.69 Å². The number of rotatable bonds is 4. The third-order valence-corrected chi connectivity index (χ3v) is 2.86. The van der Waals surface area contributed by atoms with E-state index in [1.54, 1.807) is 24.4 Å². The second-order valence-electron chi connectivity index (χ2n) is 4.54. The number of pyridine rings is 1. The summed E-state index contributed by atoms with van der Waals surface area (Å²) in [5.74, 6) is 0.715. The molecule has 0 radical (unpaired) electrons. The lowest BCUT2D eigenvalue weighted by Crippen LogP contribution is -2.01. The molecule has 19 heavy (non-hydrogen) atoms. The van der Waals surface area contributed by atoms with Crippen LogP contribution in [0.5, 0.6) is 0 Å². The number of halogens is 1. The molecule has 0 unspecified atom stereocenters. The monoisotopic (exact) mass is 280 g/mol. The topological polar surface area (TPSA) is 73.8 Å². The van der Waals surface area contributed by atoms with E-state index in [9.17, 15) is 10.1 Å². The van der Waals surface area contributed by atoms with Gasteiger partial charge in [-0.15, -0.1) is 0 Å². The first-order valence-electron chi connectivity index (χ1n) is 5.84. The average Bonchev–Trinajstić information content (AvgIpc) is 2.66. The predicted molar refractivity (Wildman–Crippen MR) is 71.6 cm³/mol. The summed E-state index contributed by atoms with van der Waals surface area (Å²) in [7, 11) is 0. The molecule has 0 aliphatic carbocycles. The van der Waals surface area contributed by atoms with Crippen LogP contribution in [0.25, 0.3) is 5.82 Å². The van der Waals surface area contributed by atoms with Crippen LogP contribution in [0.2, 0.25) is 5.15 Å². The molecule has 0 fully saturated rings. The second kappa shape index (κ2) is 5.36. The van der Waals surface area contributed by atoms with Gasteiger partial charge in [-0.05, 0) is 18.1 Å². The molecular formula is C12H13ClN4O2. The van der Waals surface area contributed by atoms with Gasteiger partial charge in [-0.2, -0.15) is 9.78 Å². The molecule has 0 aliphatic rings. The Labute approximate surface area is 115 Å². The van der Waals surface area contributed by atoms with Crippen molar-refractivity contribution in [3.05, 3.63) is 45.4 Å². The molecule has 2 aromatic heterocycles. The molecular weight excluding hydrogens is 268 g/mol. The van der Waals surface area contributed by atoms with Crippen molar-refractivity contribution in [3.8, 4) is 5.82 Å². The number of aromatic nitrogens is 3. The molecule has 0 spiro atoms. The maximum atomic E-state index is 11.1. The number of hydrogen-bond donors (Lipinski definition) is 0. The van der Waals surface area contributed by atoms with E-state index in [0.717, 1.165) is 0 Å². The smallest absolute Gasteiger partial charge is 0.258 e. The van der Waals surface area contributed by atoms with E-state index in [1.807, 2.05) is 13.8 Å². The molecule has 0 amide bonds. The Balaban J connectivity index is 2.55. The van der Waals surface area contributed by atoms with Gasteiger partial charge >= 0.3 is 5.69 Å². The zero-order valence-electron chi connectivity index (χ0n) is 10.6. The van der Waals surface area contributed by atoms with Crippen LogP contribution in [0.1, 0.15) is 19.5 Å². The molecule has 0 saturated heterocycles. The highest BCUT2D eigenvalue weighted by molar-refractivity contribution is 6.32. The van der Waals surface area contributed by atoms with Crippen LogP contribution in [0, 0.1) is 16.0 Å². The van der Waals surface area contributed by atoms with Crippen LogP contribution in [-0.4, -0.2) is 19.7 Å². The third kappa shape index (κ3) is 2.73. The number of hydrogen-bond acceptors (Lipinski definition) is 4. The van der Waals surface area contributed by atoms with Gasteiger partial charge in [0.15, 0.2) is 5.82 Å². The minimum absolute atomic E-state index is 0.0145. The molecule has 2 rings (SSSR count). The summed E-state index contributed by atoms with van der Waals surface area (Å²) < 4.78 is 1.30. The zero-order chi connectivity index (χ0) is 14.0. The summed E-state index contributed by atoms with van der Waals surface area (Å²) >= 11 is 6.06. The van der Waals surface area contributed by atoms with Crippen LogP contribution in [-0.2, 0) is 6.42 Å². The highest BCUT2D eigenvalue weighted by atomic mass is 35.5. The summed E-state index contributed by atoms with van der Waals surface area (Å²) in [5.41, 5.74) is 0.247. The zero-order valence-corrected chi connectivity index (χ0v) is 11.3. The van der Waals surface area contributed by atoms with Crippen LogP contribution in [0.3, 0.4) is 0 Å². The first-order chi connectivity index (χ1) is 9.00. The molecule has 7 heteroatoms. The first kappa shape index (κ1) is 13.5. The average molecular weight is 281 g/mol. The third-order valence-electron chi connectivity index (χ3n) is 2.53. The van der Waals surface area contributed by atoms with Crippen LogP contribution in [0.15, 0.2) is 24.4 Å². The van der Waals surface area contributed by atoms with Crippen molar-refractivity contribution in [1.82, 2.24) is 14.8 Å². The van der Waals surface area contributed by atoms with Gasteiger partial charge in [0.25, 0.3) is 0 Å². The van der Waals surface area contributed by atoms with Crippen molar-refractivity contribution >= 4 is 17.3 Å². The first-order valence-corrected chi connectivity index (χ1v) is 6.21. The highest BCUT2D eigenvalue weighted by Crippen LogP contribution is 2.31. The largest absolute Gasteiger partial charge is 0.329 e. The summed E-state index contributed by atoms with van der Waals surface area (Å²) in [5, 5.41) is 15.3. The van der Waals surface area contributed by atoms with Crippen molar-refractivity contribution in [2.45, 2.75) is 20.3 Å². The summed E-state index contributed by atoms with van der Waals surface area (Å²) in [6.07, 6.45) is 2.08. The fraction of sp³-hybridized carbons (Fsp3) is 0.333. The fourth-order valence-corrected chi connectivity index (χ4v) is 2.07. The number of nitro groups is 1. The molecule has 2 heterocycles. The van der Waals surface area contributed by atoms with Gasteiger partial charge in [-0.1, -0.05) is 31.5 Å². The van der Waals surface area contributed by atoms with E-state index in [0.29, 0.717) is 17.9 Å². The summed E-state index contributed by atoms with van der Waals surface area (Å²) in [4.78, 5) is 14.7. The summed E-state index contributed by atoms with van der Waals surface area (Å²) in [6, 6.07) is 5.22. The fourth-order valence-electron chi connectivity index (χ4n) is 1.77. The number of nitrogens with zero attached hydrogens (tertiary/aromatic N) is 4. The SMILES string of the molecule is CC(C)Cc1nn(-c2ccccn2)c(Cl)c1[N+](=O)[O-]. The maximum Gasteiger partial charge on any atom is 0.329 e. The van der Waals surface area contributed by atoms with E-state index < -0.39 is 4.92 Å². The van der Waals surface area contributed by atoms with Gasteiger partial charge in [0.05, 0.1) is 4.92 Å². The molecule has 0 atom stereocenters. The lowest BCUT2D eigenvalue weighted by Gasteiger charge is -2.00. The molecule has 0 bridgehead atoms. The van der Waals surface area contributed by atoms with E-state index in [2.05, 4.69) is 10.1 Å². The van der Waals surface area contributed by atoms with E-state index in [1.165, 1.54) is 4.68 Å². The van der Waals surface area contributed by atoms with Gasteiger partial charge in [-0.3, -0.25) is 10.1 Å². The van der Waals surface area contributed by atoms with E-state index in [-0.39, 0.29) is 16.8 Å². The van der Waals surface area contributed by atoms with Crippen LogP contribution < -0.4 is 0 Å². The highest BCUT2D eigenvalue weighted by Gasteiger charge is 2.27.